The lowest BCUT2D eigenvalue weighted by atomic mass is 9.96. The molecule has 0 aliphatic heterocycles. The number of benzene rings is 1. The molecule has 0 bridgehead atoms. The van der Waals surface area contributed by atoms with Gasteiger partial charge < -0.3 is 24.5 Å². The standard InChI is InChI=1S/C19H24O6/c1-12(4-6-17(21)19(2,3)23)8-9-24-15-10-13(20)11-16-14(15)5-7-18(22)25-16/h5,7-8,10-11,17,20-21,23H,4,6,9H2,1-3H3. The quantitative estimate of drug-likeness (QED) is 0.525. The topological polar surface area (TPSA) is 100 Å². The van der Waals surface area contributed by atoms with Crippen molar-refractivity contribution in [3.05, 3.63) is 46.3 Å². The molecule has 6 nitrogen and oxygen atoms in total. The summed E-state index contributed by atoms with van der Waals surface area (Å²) in [6, 6.07) is 5.71. The maximum Gasteiger partial charge on any atom is 0.336 e. The minimum Gasteiger partial charge on any atom is -0.508 e. The minimum atomic E-state index is -1.12. The van der Waals surface area contributed by atoms with E-state index in [0.29, 0.717) is 24.0 Å². The number of hydrogen-bond acceptors (Lipinski definition) is 6. The molecule has 1 atom stereocenters. The van der Waals surface area contributed by atoms with E-state index in [1.54, 1.807) is 19.9 Å². The van der Waals surface area contributed by atoms with Gasteiger partial charge in [0.05, 0.1) is 17.1 Å². The van der Waals surface area contributed by atoms with Gasteiger partial charge in [0.15, 0.2) is 0 Å². The number of allylic oxidation sites excluding steroid dienone is 1. The molecule has 6 heteroatoms. The van der Waals surface area contributed by atoms with Crippen LogP contribution >= 0.6 is 0 Å². The molecular weight excluding hydrogens is 324 g/mol. The number of hydrogen-bond donors (Lipinski definition) is 3. The number of phenolic OH excluding ortho intramolecular Hbond substituents is 1. The molecule has 1 unspecified atom stereocenters. The lowest BCUT2D eigenvalue weighted by molar-refractivity contribution is -0.0509. The number of aromatic hydroxyl groups is 1. The first-order chi connectivity index (χ1) is 11.7. The van der Waals surface area contributed by atoms with E-state index in [1.165, 1.54) is 18.2 Å². The van der Waals surface area contributed by atoms with Crippen LogP contribution in [0.25, 0.3) is 11.0 Å². The SMILES string of the molecule is CC(=CCOc1cc(O)cc2oc(=O)ccc12)CCC(O)C(C)(C)O. The van der Waals surface area contributed by atoms with Crippen molar-refractivity contribution in [1.82, 2.24) is 0 Å². The molecule has 0 amide bonds. The Morgan fingerprint density at radius 1 is 1.36 bits per heavy atom. The Kier molecular flexibility index (Phi) is 5.87. The smallest absolute Gasteiger partial charge is 0.336 e. The van der Waals surface area contributed by atoms with E-state index < -0.39 is 17.3 Å². The lowest BCUT2D eigenvalue weighted by Crippen LogP contribution is -2.35. The first-order valence-corrected chi connectivity index (χ1v) is 8.12. The number of aliphatic hydroxyl groups excluding tert-OH is 1. The predicted octanol–water partition coefficient (Wildman–Crippen LogP) is 2.74. The second kappa shape index (κ2) is 7.72. The molecule has 3 N–H and O–H groups in total. The predicted molar refractivity (Wildman–Crippen MR) is 94.9 cm³/mol. The van der Waals surface area contributed by atoms with Crippen LogP contribution in [0.2, 0.25) is 0 Å². The number of rotatable bonds is 7. The fraction of sp³-hybridized carbons (Fsp3) is 0.421. The molecule has 1 aromatic heterocycles. The zero-order valence-electron chi connectivity index (χ0n) is 14.7. The van der Waals surface area contributed by atoms with Crippen LogP contribution in [0.4, 0.5) is 0 Å². The van der Waals surface area contributed by atoms with Gasteiger partial charge in [0.1, 0.15) is 23.7 Å². The van der Waals surface area contributed by atoms with Crippen molar-refractivity contribution in [2.24, 2.45) is 0 Å². The molecule has 0 spiro atoms. The van der Waals surface area contributed by atoms with Crippen molar-refractivity contribution in [3.63, 3.8) is 0 Å². The van der Waals surface area contributed by atoms with Gasteiger partial charge in [-0.05, 0) is 45.8 Å². The molecule has 0 saturated heterocycles. The van der Waals surface area contributed by atoms with Gasteiger partial charge in [0, 0.05) is 18.2 Å². The maximum absolute atomic E-state index is 11.3. The van der Waals surface area contributed by atoms with E-state index in [0.717, 1.165) is 5.57 Å². The van der Waals surface area contributed by atoms with E-state index in [2.05, 4.69) is 0 Å². The second-order valence-corrected chi connectivity index (χ2v) is 6.68. The summed E-state index contributed by atoms with van der Waals surface area (Å²) in [5.74, 6) is 0.366. The largest absolute Gasteiger partial charge is 0.508 e. The van der Waals surface area contributed by atoms with Crippen molar-refractivity contribution in [2.45, 2.75) is 45.3 Å². The van der Waals surface area contributed by atoms with E-state index in [-0.39, 0.29) is 17.9 Å². The molecule has 0 fully saturated rings. The summed E-state index contributed by atoms with van der Waals surface area (Å²) in [4.78, 5) is 11.3. The number of phenols is 1. The Morgan fingerprint density at radius 2 is 2.08 bits per heavy atom. The first-order valence-electron chi connectivity index (χ1n) is 8.12. The summed E-state index contributed by atoms with van der Waals surface area (Å²) in [5, 5.41) is 29.9. The van der Waals surface area contributed by atoms with Crippen molar-refractivity contribution >= 4 is 11.0 Å². The van der Waals surface area contributed by atoms with E-state index >= 15 is 0 Å². The van der Waals surface area contributed by atoms with Crippen LogP contribution in [0.15, 0.2) is 45.1 Å². The Labute approximate surface area is 146 Å². The van der Waals surface area contributed by atoms with Crippen LogP contribution in [-0.2, 0) is 0 Å². The summed E-state index contributed by atoms with van der Waals surface area (Å²) in [6.45, 7) is 5.33. The Hall–Kier alpha value is -2.31. The summed E-state index contributed by atoms with van der Waals surface area (Å²) in [7, 11) is 0. The zero-order chi connectivity index (χ0) is 18.6. The average Bonchev–Trinajstić information content (AvgIpc) is 2.50. The van der Waals surface area contributed by atoms with Gasteiger partial charge in [-0.15, -0.1) is 0 Å². The van der Waals surface area contributed by atoms with Gasteiger partial charge in [0.2, 0.25) is 0 Å². The third-order valence-corrected chi connectivity index (χ3v) is 3.98. The van der Waals surface area contributed by atoms with Crippen LogP contribution < -0.4 is 10.4 Å². The molecule has 1 aromatic carbocycles. The number of aliphatic hydroxyl groups is 2. The van der Waals surface area contributed by atoms with Crippen LogP contribution in [0.5, 0.6) is 11.5 Å². The highest BCUT2D eigenvalue weighted by molar-refractivity contribution is 5.84. The van der Waals surface area contributed by atoms with Gasteiger partial charge in [0.25, 0.3) is 0 Å². The Balaban J connectivity index is 2.01. The molecule has 136 valence electrons. The van der Waals surface area contributed by atoms with Gasteiger partial charge >= 0.3 is 5.63 Å². The molecule has 0 aliphatic rings. The molecule has 2 aromatic rings. The zero-order valence-corrected chi connectivity index (χ0v) is 14.7. The molecule has 0 radical (unpaired) electrons. The van der Waals surface area contributed by atoms with Crippen LogP contribution in [0, 0.1) is 0 Å². The van der Waals surface area contributed by atoms with Crippen LogP contribution in [0.1, 0.15) is 33.6 Å². The third kappa shape index (κ3) is 5.34. The highest BCUT2D eigenvalue weighted by atomic mass is 16.5. The van der Waals surface area contributed by atoms with Gasteiger partial charge in [-0.3, -0.25) is 0 Å². The highest BCUT2D eigenvalue weighted by Gasteiger charge is 2.23. The third-order valence-electron chi connectivity index (χ3n) is 3.98. The van der Waals surface area contributed by atoms with Crippen LogP contribution in [-0.4, -0.2) is 33.6 Å². The minimum absolute atomic E-state index is 0.0501. The molecule has 2 rings (SSSR count). The van der Waals surface area contributed by atoms with Crippen molar-refractivity contribution in [2.75, 3.05) is 6.61 Å². The van der Waals surface area contributed by atoms with Gasteiger partial charge in [-0.2, -0.15) is 0 Å². The van der Waals surface area contributed by atoms with Crippen molar-refractivity contribution in [3.8, 4) is 11.5 Å². The monoisotopic (exact) mass is 348 g/mol. The van der Waals surface area contributed by atoms with Crippen molar-refractivity contribution < 1.29 is 24.5 Å². The summed E-state index contributed by atoms with van der Waals surface area (Å²) in [5.41, 5.74) is -0.345. The fourth-order valence-electron chi connectivity index (χ4n) is 2.34. The van der Waals surface area contributed by atoms with Crippen molar-refractivity contribution in [1.29, 1.82) is 0 Å². The lowest BCUT2D eigenvalue weighted by Gasteiger charge is -2.24. The summed E-state index contributed by atoms with van der Waals surface area (Å²) >= 11 is 0. The second-order valence-electron chi connectivity index (χ2n) is 6.68. The van der Waals surface area contributed by atoms with Gasteiger partial charge in [-0.25, -0.2) is 4.79 Å². The highest BCUT2D eigenvalue weighted by Crippen LogP contribution is 2.29. The molecule has 0 saturated carbocycles. The molecular formula is C19H24O6. The Bertz CT molecular complexity index is 813. The Morgan fingerprint density at radius 3 is 2.76 bits per heavy atom. The molecule has 1 heterocycles. The summed E-state index contributed by atoms with van der Waals surface area (Å²) < 4.78 is 10.7. The van der Waals surface area contributed by atoms with E-state index in [4.69, 9.17) is 9.15 Å². The maximum atomic E-state index is 11.3. The molecule has 25 heavy (non-hydrogen) atoms. The first kappa shape index (κ1) is 19.0. The average molecular weight is 348 g/mol. The normalized spacial score (nSPS) is 13.9. The van der Waals surface area contributed by atoms with E-state index in [9.17, 15) is 20.1 Å². The number of ether oxygens (including phenoxy) is 1. The molecule has 0 aliphatic carbocycles. The fourth-order valence-corrected chi connectivity index (χ4v) is 2.34. The number of fused-ring (bicyclic) bond motifs is 1. The summed E-state index contributed by atoms with van der Waals surface area (Å²) in [6.07, 6.45) is 2.15. The van der Waals surface area contributed by atoms with E-state index in [1.807, 2.05) is 13.0 Å². The van der Waals surface area contributed by atoms with Crippen LogP contribution in [0.3, 0.4) is 0 Å². The van der Waals surface area contributed by atoms with Gasteiger partial charge in [-0.1, -0.05) is 5.57 Å².